The third-order valence-electron chi connectivity index (χ3n) is 1.17. The van der Waals surface area contributed by atoms with Gasteiger partial charge in [0.25, 0.3) is 0 Å². The molecule has 0 saturated carbocycles. The lowest BCUT2D eigenvalue weighted by molar-refractivity contribution is 0.701. The average molecular weight is 131 g/mol. The largest absolute Gasteiger partial charge is 0.238 e. The Labute approximate surface area is 57.8 Å². The van der Waals surface area contributed by atoms with E-state index in [-0.39, 0.29) is 0 Å². The van der Waals surface area contributed by atoms with Crippen LogP contribution >= 0.6 is 11.5 Å². The van der Waals surface area contributed by atoms with Crippen LogP contribution in [0.25, 0.3) is 0 Å². The molecule has 0 bridgehead atoms. The van der Waals surface area contributed by atoms with Gasteiger partial charge in [-0.25, -0.2) is 11.5 Å². The van der Waals surface area contributed by atoms with Crippen LogP contribution in [0, 0.1) is 0 Å². The molecule has 0 aliphatic heterocycles. The fourth-order valence-corrected chi connectivity index (χ4v) is 0.803. The van der Waals surface area contributed by atoms with Gasteiger partial charge in [-0.15, -0.1) is 0 Å². The van der Waals surface area contributed by atoms with Crippen LogP contribution in [-0.4, -0.2) is 6.69 Å². The van der Waals surface area contributed by atoms with Crippen molar-refractivity contribution < 1.29 is 0 Å². The Balaban J connectivity index is 2.53. The molecule has 0 rings (SSSR count). The van der Waals surface area contributed by atoms with Crippen LogP contribution in [0.3, 0.4) is 0 Å². The molecule has 0 aromatic rings. The molecule has 0 fully saturated rings. The Morgan fingerprint density at radius 3 is 2.50 bits per heavy atom. The van der Waals surface area contributed by atoms with Gasteiger partial charge in [-0.05, 0) is 0 Å². The van der Waals surface area contributed by atoms with Gasteiger partial charge in [0.1, 0.15) is 0 Å². The number of rotatable bonds is 5. The lowest BCUT2D eigenvalue weighted by Gasteiger charge is -1.92. The van der Waals surface area contributed by atoms with Crippen molar-refractivity contribution in [2.45, 2.75) is 38.9 Å². The second kappa shape index (κ2) is 7.35. The molecule has 0 aromatic carbocycles. The third-order valence-corrected chi connectivity index (χ3v) is 1.39. The van der Waals surface area contributed by atoms with E-state index < -0.39 is 0 Å². The van der Waals surface area contributed by atoms with Crippen molar-refractivity contribution in [2.24, 2.45) is 0 Å². The number of unbranched alkanes of at least 4 members (excludes halogenated alkanes) is 3. The van der Waals surface area contributed by atoms with Crippen molar-refractivity contribution in [3.05, 3.63) is 0 Å². The van der Waals surface area contributed by atoms with Crippen LogP contribution in [-0.2, 0) is 0 Å². The summed E-state index contributed by atoms with van der Waals surface area (Å²) in [6.07, 6.45) is 6.33. The summed E-state index contributed by atoms with van der Waals surface area (Å²) >= 11 is 5.36. The van der Waals surface area contributed by atoms with Crippen molar-refractivity contribution >= 4 is 18.2 Å². The molecule has 0 spiro atoms. The Hall–Kier alpha value is 0.355. The Bertz CT molecular complexity index is 33.5. The maximum Gasteiger partial charge on any atom is 0.238 e. The van der Waals surface area contributed by atoms with Crippen LogP contribution < -0.4 is 0 Å². The van der Waals surface area contributed by atoms with Gasteiger partial charge >= 0.3 is 0 Å². The standard InChI is InChI=1S/C6H13BCl/c1-2-3-4-5-6-7-8/h2-6H2,1H3. The lowest BCUT2D eigenvalue weighted by atomic mass is 9.98. The summed E-state index contributed by atoms with van der Waals surface area (Å²) < 4.78 is 0. The van der Waals surface area contributed by atoms with Gasteiger partial charge in [0.15, 0.2) is 0 Å². The highest BCUT2D eigenvalue weighted by molar-refractivity contribution is 6.93. The zero-order chi connectivity index (χ0) is 6.24. The van der Waals surface area contributed by atoms with E-state index in [9.17, 15) is 0 Å². The molecule has 0 aromatic heterocycles. The van der Waals surface area contributed by atoms with Crippen molar-refractivity contribution in [3.8, 4) is 0 Å². The minimum Gasteiger partial charge on any atom is -0.204 e. The van der Waals surface area contributed by atoms with E-state index >= 15 is 0 Å². The monoisotopic (exact) mass is 131 g/mol. The first-order valence-electron chi connectivity index (χ1n) is 3.33. The quantitative estimate of drug-likeness (QED) is 0.398. The molecule has 2 heteroatoms. The van der Waals surface area contributed by atoms with Crippen molar-refractivity contribution in [1.82, 2.24) is 0 Å². The first kappa shape index (κ1) is 8.35. The molecular formula is C6H13BCl. The fourth-order valence-electron chi connectivity index (χ4n) is 0.648. The summed E-state index contributed by atoms with van der Waals surface area (Å²) in [5.41, 5.74) is 0. The fraction of sp³-hybridized carbons (Fsp3) is 1.00. The number of halogens is 1. The molecule has 1 radical (unpaired) electrons. The van der Waals surface area contributed by atoms with E-state index in [1.54, 1.807) is 6.69 Å². The third kappa shape index (κ3) is 6.35. The molecule has 0 aliphatic carbocycles. The van der Waals surface area contributed by atoms with Crippen LogP contribution in [0.15, 0.2) is 0 Å². The molecule has 0 unspecified atom stereocenters. The van der Waals surface area contributed by atoms with Gasteiger partial charge in [0, 0.05) is 0 Å². The second-order valence-electron chi connectivity index (χ2n) is 2.00. The van der Waals surface area contributed by atoms with Crippen molar-refractivity contribution in [1.29, 1.82) is 0 Å². The summed E-state index contributed by atoms with van der Waals surface area (Å²) in [4.78, 5) is 0. The summed E-state index contributed by atoms with van der Waals surface area (Å²) in [5, 5.41) is 0. The number of hydrogen-bond acceptors (Lipinski definition) is 0. The summed E-state index contributed by atoms with van der Waals surface area (Å²) in [7, 11) is 0. The zero-order valence-electron chi connectivity index (χ0n) is 5.49. The lowest BCUT2D eigenvalue weighted by Crippen LogP contribution is -1.78. The molecule has 0 nitrogen and oxygen atoms in total. The highest BCUT2D eigenvalue weighted by Crippen LogP contribution is 2.02. The van der Waals surface area contributed by atoms with Gasteiger partial charge in [0.05, 0.1) is 0 Å². The molecule has 0 heterocycles. The normalized spacial score (nSPS) is 9.25. The zero-order valence-corrected chi connectivity index (χ0v) is 6.25. The van der Waals surface area contributed by atoms with E-state index in [4.69, 9.17) is 11.5 Å². The van der Waals surface area contributed by atoms with Crippen LogP contribution in [0.5, 0.6) is 0 Å². The minimum atomic E-state index is 1.07. The minimum absolute atomic E-state index is 1.07. The molecule has 0 atom stereocenters. The highest BCUT2D eigenvalue weighted by Gasteiger charge is 1.86. The summed E-state index contributed by atoms with van der Waals surface area (Å²) in [5.74, 6) is 0. The molecule has 0 N–H and O–H groups in total. The predicted octanol–water partition coefficient (Wildman–Crippen LogP) is 2.84. The van der Waals surface area contributed by atoms with Crippen LogP contribution in [0.4, 0.5) is 0 Å². The molecule has 0 amide bonds. The molecule has 0 aliphatic rings. The average Bonchev–Trinajstić information content (AvgIpc) is 1.81. The van der Waals surface area contributed by atoms with E-state index in [2.05, 4.69) is 6.92 Å². The van der Waals surface area contributed by atoms with Gasteiger partial charge in [-0.3, -0.25) is 0 Å². The van der Waals surface area contributed by atoms with Crippen LogP contribution in [0.2, 0.25) is 6.32 Å². The first-order chi connectivity index (χ1) is 3.91. The van der Waals surface area contributed by atoms with Crippen molar-refractivity contribution in [2.75, 3.05) is 0 Å². The maximum atomic E-state index is 5.36. The van der Waals surface area contributed by atoms with Gasteiger partial charge in [-0.1, -0.05) is 38.9 Å². The van der Waals surface area contributed by atoms with Gasteiger partial charge in [-0.2, -0.15) is 0 Å². The SMILES string of the molecule is CCCCCC[B]Cl. The van der Waals surface area contributed by atoms with Gasteiger partial charge < -0.3 is 0 Å². The maximum absolute atomic E-state index is 5.36. The van der Waals surface area contributed by atoms with E-state index in [0.717, 1.165) is 6.32 Å². The number of hydrogen-bond donors (Lipinski definition) is 0. The predicted molar refractivity (Wildman–Crippen MR) is 40.6 cm³/mol. The Morgan fingerprint density at radius 1 is 1.25 bits per heavy atom. The van der Waals surface area contributed by atoms with E-state index in [1.807, 2.05) is 0 Å². The molecular weight excluding hydrogens is 118 g/mol. The summed E-state index contributed by atoms with van der Waals surface area (Å²) in [6, 6.07) is 0. The van der Waals surface area contributed by atoms with E-state index in [0.29, 0.717) is 0 Å². The Morgan fingerprint density at radius 2 is 2.00 bits per heavy atom. The first-order valence-corrected chi connectivity index (χ1v) is 3.77. The molecule has 8 heavy (non-hydrogen) atoms. The molecule has 47 valence electrons. The molecule has 0 saturated heterocycles. The summed E-state index contributed by atoms with van der Waals surface area (Å²) in [6.45, 7) is 3.93. The van der Waals surface area contributed by atoms with Crippen molar-refractivity contribution in [3.63, 3.8) is 0 Å². The van der Waals surface area contributed by atoms with E-state index in [1.165, 1.54) is 25.7 Å². The highest BCUT2D eigenvalue weighted by atomic mass is 35.5. The topological polar surface area (TPSA) is 0 Å². The smallest absolute Gasteiger partial charge is 0.204 e. The Kier molecular flexibility index (Phi) is 7.68. The second-order valence-corrected chi connectivity index (χ2v) is 2.31. The van der Waals surface area contributed by atoms with Crippen LogP contribution in [0.1, 0.15) is 32.6 Å². The van der Waals surface area contributed by atoms with Gasteiger partial charge in [0.2, 0.25) is 6.69 Å².